The minimum absolute atomic E-state index is 0.0777. The maximum Gasteiger partial charge on any atom is 0.266 e. The molecule has 2 aromatic rings. The molecular formula is C17H15ClN2O3. The van der Waals surface area contributed by atoms with Gasteiger partial charge in [-0.15, -0.1) is 0 Å². The van der Waals surface area contributed by atoms with E-state index < -0.39 is 6.10 Å². The van der Waals surface area contributed by atoms with Crippen LogP contribution in [0.25, 0.3) is 0 Å². The van der Waals surface area contributed by atoms with Crippen LogP contribution in [0, 0.1) is 6.92 Å². The van der Waals surface area contributed by atoms with Gasteiger partial charge in [0.2, 0.25) is 5.91 Å². The van der Waals surface area contributed by atoms with Gasteiger partial charge in [0.25, 0.3) is 5.91 Å². The van der Waals surface area contributed by atoms with Crippen molar-refractivity contribution in [3.63, 3.8) is 0 Å². The van der Waals surface area contributed by atoms with Gasteiger partial charge in [-0.3, -0.25) is 9.59 Å². The summed E-state index contributed by atoms with van der Waals surface area (Å²) in [5.74, 6) is -0.0893. The van der Waals surface area contributed by atoms with Crippen LogP contribution in [-0.4, -0.2) is 17.9 Å². The molecule has 2 N–H and O–H groups in total. The highest BCUT2D eigenvalue weighted by molar-refractivity contribution is 6.31. The highest BCUT2D eigenvalue weighted by Gasteiger charge is 2.29. The number of halogens is 1. The quantitative estimate of drug-likeness (QED) is 0.906. The predicted molar refractivity (Wildman–Crippen MR) is 88.9 cm³/mol. The number of ether oxygens (including phenoxy) is 1. The monoisotopic (exact) mass is 330 g/mol. The highest BCUT2D eigenvalue weighted by atomic mass is 35.5. The summed E-state index contributed by atoms with van der Waals surface area (Å²) in [5, 5.41) is 6.02. The molecule has 0 aliphatic carbocycles. The summed E-state index contributed by atoms with van der Waals surface area (Å²) in [6, 6.07) is 12.4. The third kappa shape index (κ3) is 3.46. The molecule has 0 aromatic heterocycles. The van der Waals surface area contributed by atoms with E-state index >= 15 is 0 Å². The fraction of sp³-hybridized carbons (Fsp3) is 0.176. The van der Waals surface area contributed by atoms with Crippen molar-refractivity contribution in [2.45, 2.75) is 19.4 Å². The maximum atomic E-state index is 12.1. The van der Waals surface area contributed by atoms with Gasteiger partial charge < -0.3 is 15.4 Å². The number of benzene rings is 2. The van der Waals surface area contributed by atoms with Gasteiger partial charge in [-0.2, -0.15) is 0 Å². The van der Waals surface area contributed by atoms with Crippen LogP contribution in [0.4, 0.5) is 11.4 Å². The highest BCUT2D eigenvalue weighted by Crippen LogP contribution is 2.29. The fourth-order valence-corrected chi connectivity index (χ4v) is 2.46. The van der Waals surface area contributed by atoms with E-state index in [9.17, 15) is 9.59 Å². The molecule has 1 aliphatic heterocycles. The topological polar surface area (TPSA) is 67.4 Å². The first-order valence-corrected chi connectivity index (χ1v) is 7.53. The van der Waals surface area contributed by atoms with Gasteiger partial charge in [-0.25, -0.2) is 0 Å². The minimum Gasteiger partial charge on any atom is -0.478 e. The summed E-state index contributed by atoms with van der Waals surface area (Å²) in [4.78, 5) is 24.1. The van der Waals surface area contributed by atoms with Crippen LogP contribution in [0.15, 0.2) is 42.5 Å². The molecule has 3 rings (SSSR count). The van der Waals surface area contributed by atoms with Crippen molar-refractivity contribution in [2.24, 2.45) is 0 Å². The first-order chi connectivity index (χ1) is 11.0. The average molecular weight is 331 g/mol. The molecule has 118 valence electrons. The van der Waals surface area contributed by atoms with Crippen LogP contribution >= 0.6 is 11.6 Å². The van der Waals surface area contributed by atoms with Crippen LogP contribution in [-0.2, 0) is 9.59 Å². The smallest absolute Gasteiger partial charge is 0.266 e. The van der Waals surface area contributed by atoms with Gasteiger partial charge in [-0.1, -0.05) is 29.8 Å². The Morgan fingerprint density at radius 1 is 1.30 bits per heavy atom. The lowest BCUT2D eigenvalue weighted by atomic mass is 10.1. The third-order valence-corrected chi connectivity index (χ3v) is 3.94. The number of hydrogen-bond acceptors (Lipinski definition) is 3. The van der Waals surface area contributed by atoms with Crippen LogP contribution in [0.1, 0.15) is 12.0 Å². The van der Waals surface area contributed by atoms with Crippen molar-refractivity contribution < 1.29 is 14.3 Å². The number of amides is 2. The number of anilines is 2. The van der Waals surface area contributed by atoms with E-state index in [2.05, 4.69) is 10.6 Å². The number of nitrogens with one attached hydrogen (secondary N) is 2. The van der Waals surface area contributed by atoms with E-state index in [0.717, 1.165) is 5.56 Å². The standard InChI is InChI=1S/C17H15ClN2O3/c1-10-6-7-11(8-12(10)18)19-16(21)9-15-17(22)20-13-4-2-3-5-14(13)23-15/h2-8,15H,9H2,1H3,(H,19,21)(H,20,22)/t15-/m0/s1. The van der Waals surface area contributed by atoms with E-state index in [1.54, 1.807) is 30.3 Å². The summed E-state index contributed by atoms with van der Waals surface area (Å²) in [6.45, 7) is 1.88. The second-order valence-electron chi connectivity index (χ2n) is 5.31. The predicted octanol–water partition coefficient (Wildman–Crippen LogP) is 3.38. The van der Waals surface area contributed by atoms with Crippen LogP contribution in [0.2, 0.25) is 5.02 Å². The molecule has 0 spiro atoms. The molecule has 5 nitrogen and oxygen atoms in total. The zero-order chi connectivity index (χ0) is 16.4. The van der Waals surface area contributed by atoms with Crippen LogP contribution < -0.4 is 15.4 Å². The van der Waals surface area contributed by atoms with E-state index in [4.69, 9.17) is 16.3 Å². The first kappa shape index (κ1) is 15.4. The Kier molecular flexibility index (Phi) is 4.21. The van der Waals surface area contributed by atoms with Crippen LogP contribution in [0.3, 0.4) is 0 Å². The first-order valence-electron chi connectivity index (χ1n) is 7.15. The van der Waals surface area contributed by atoms with E-state index in [0.29, 0.717) is 22.1 Å². The Morgan fingerprint density at radius 2 is 2.09 bits per heavy atom. The maximum absolute atomic E-state index is 12.1. The van der Waals surface area contributed by atoms with E-state index in [1.165, 1.54) is 0 Å². The number of hydrogen-bond donors (Lipinski definition) is 2. The third-order valence-electron chi connectivity index (χ3n) is 3.53. The summed E-state index contributed by atoms with van der Waals surface area (Å²) in [7, 11) is 0. The lowest BCUT2D eigenvalue weighted by molar-refractivity contribution is -0.128. The summed E-state index contributed by atoms with van der Waals surface area (Å²) < 4.78 is 5.60. The van der Waals surface area contributed by atoms with E-state index in [1.807, 2.05) is 19.1 Å². The number of rotatable bonds is 3. The summed E-state index contributed by atoms with van der Waals surface area (Å²) in [5.41, 5.74) is 2.12. The van der Waals surface area contributed by atoms with Crippen molar-refractivity contribution in [3.05, 3.63) is 53.1 Å². The van der Waals surface area contributed by atoms with Crippen molar-refractivity contribution in [1.82, 2.24) is 0 Å². The van der Waals surface area contributed by atoms with E-state index in [-0.39, 0.29) is 18.2 Å². The SMILES string of the molecule is Cc1ccc(NC(=O)C[C@@H]2Oc3ccccc3NC2=O)cc1Cl. The molecule has 0 radical (unpaired) electrons. The number of carbonyl (C=O) groups is 2. The second kappa shape index (κ2) is 6.30. The molecule has 23 heavy (non-hydrogen) atoms. The summed E-state index contributed by atoms with van der Waals surface area (Å²) >= 11 is 6.03. The average Bonchev–Trinajstić information content (AvgIpc) is 2.51. The Hall–Kier alpha value is -2.53. The molecule has 0 fully saturated rings. The molecule has 2 aromatic carbocycles. The molecular weight excluding hydrogens is 316 g/mol. The zero-order valence-electron chi connectivity index (χ0n) is 12.4. The van der Waals surface area contributed by atoms with Crippen molar-refractivity contribution in [2.75, 3.05) is 10.6 Å². The molecule has 1 atom stereocenters. The molecule has 0 saturated heterocycles. The van der Waals surface area contributed by atoms with Gasteiger partial charge in [0.15, 0.2) is 6.10 Å². The van der Waals surface area contributed by atoms with Gasteiger partial charge in [-0.05, 0) is 36.8 Å². The summed E-state index contributed by atoms with van der Waals surface area (Å²) in [6.07, 6.45) is -0.933. The van der Waals surface area contributed by atoms with Gasteiger partial charge in [0, 0.05) is 10.7 Å². The van der Waals surface area contributed by atoms with Gasteiger partial charge >= 0.3 is 0 Å². The Bertz CT molecular complexity index is 776. The lowest BCUT2D eigenvalue weighted by Gasteiger charge is -2.25. The number of fused-ring (bicyclic) bond motifs is 1. The molecule has 6 heteroatoms. The van der Waals surface area contributed by atoms with Crippen molar-refractivity contribution >= 4 is 34.8 Å². The lowest BCUT2D eigenvalue weighted by Crippen LogP contribution is -2.39. The Labute approximate surface area is 138 Å². The largest absolute Gasteiger partial charge is 0.478 e. The normalized spacial score (nSPS) is 16.1. The van der Waals surface area contributed by atoms with Crippen molar-refractivity contribution in [3.8, 4) is 5.75 Å². The zero-order valence-corrected chi connectivity index (χ0v) is 13.2. The molecule has 1 heterocycles. The Morgan fingerprint density at radius 3 is 2.87 bits per heavy atom. The molecule has 2 amide bonds. The minimum atomic E-state index is -0.856. The molecule has 0 saturated carbocycles. The number of carbonyl (C=O) groups excluding carboxylic acids is 2. The number of aryl methyl sites for hydroxylation is 1. The van der Waals surface area contributed by atoms with Crippen molar-refractivity contribution in [1.29, 1.82) is 0 Å². The number of para-hydroxylation sites is 2. The van der Waals surface area contributed by atoms with Gasteiger partial charge in [0.05, 0.1) is 12.1 Å². The molecule has 1 aliphatic rings. The Balaban J connectivity index is 1.66. The fourth-order valence-electron chi connectivity index (χ4n) is 2.28. The second-order valence-corrected chi connectivity index (χ2v) is 5.72. The van der Waals surface area contributed by atoms with Crippen LogP contribution in [0.5, 0.6) is 5.75 Å². The molecule has 0 bridgehead atoms. The molecule has 0 unspecified atom stereocenters. The van der Waals surface area contributed by atoms with Gasteiger partial charge in [0.1, 0.15) is 5.75 Å².